The lowest BCUT2D eigenvalue weighted by molar-refractivity contribution is 0.0371. The molecular weight excluding hydrogens is 194 g/mol. The van der Waals surface area contributed by atoms with E-state index in [1.54, 1.807) is 43.0 Å². The molecule has 2 heterocycles. The highest BCUT2D eigenvalue weighted by molar-refractivity contribution is 5.88. The van der Waals surface area contributed by atoms with E-state index in [0.717, 1.165) is 0 Å². The summed E-state index contributed by atoms with van der Waals surface area (Å²) in [6.45, 7) is 3.60. The highest BCUT2D eigenvalue weighted by Gasteiger charge is 2.13. The lowest BCUT2D eigenvalue weighted by Gasteiger charge is -2.04. The van der Waals surface area contributed by atoms with Gasteiger partial charge < -0.3 is 9.14 Å². The van der Waals surface area contributed by atoms with Gasteiger partial charge in [0.05, 0.1) is 12.3 Å². The SMILES string of the molecule is CC(C)OC(=O)c1cn2ccncc2n1. The second kappa shape index (κ2) is 3.68. The van der Waals surface area contributed by atoms with Crippen LogP contribution in [0.1, 0.15) is 24.3 Å². The number of rotatable bonds is 2. The van der Waals surface area contributed by atoms with Gasteiger partial charge in [0, 0.05) is 18.6 Å². The Bertz CT molecular complexity index is 457. The van der Waals surface area contributed by atoms with Crippen LogP contribution in [0.25, 0.3) is 5.65 Å². The molecule has 0 aliphatic rings. The number of imidazole rings is 1. The summed E-state index contributed by atoms with van der Waals surface area (Å²) in [6, 6.07) is 0. The number of esters is 1. The molecule has 0 aliphatic carbocycles. The Balaban J connectivity index is 2.32. The van der Waals surface area contributed by atoms with Gasteiger partial charge in [0.25, 0.3) is 0 Å². The minimum atomic E-state index is -0.409. The van der Waals surface area contributed by atoms with Crippen LogP contribution in [0.2, 0.25) is 0 Å². The first kappa shape index (κ1) is 9.64. The predicted octanol–water partition coefficient (Wildman–Crippen LogP) is 1.29. The van der Waals surface area contributed by atoms with Crippen molar-refractivity contribution < 1.29 is 9.53 Å². The van der Waals surface area contributed by atoms with Crippen LogP contribution in [-0.2, 0) is 4.74 Å². The Morgan fingerprint density at radius 1 is 1.53 bits per heavy atom. The average Bonchev–Trinajstić information content (AvgIpc) is 2.59. The Hall–Kier alpha value is -1.91. The first-order valence-corrected chi connectivity index (χ1v) is 4.66. The molecule has 0 saturated carbocycles. The third-order valence-corrected chi connectivity index (χ3v) is 1.82. The van der Waals surface area contributed by atoms with Gasteiger partial charge in [-0.3, -0.25) is 4.98 Å². The van der Waals surface area contributed by atoms with E-state index < -0.39 is 5.97 Å². The number of ether oxygens (including phenoxy) is 1. The largest absolute Gasteiger partial charge is 0.458 e. The van der Waals surface area contributed by atoms with Crippen LogP contribution in [0.5, 0.6) is 0 Å². The van der Waals surface area contributed by atoms with Gasteiger partial charge in [-0.15, -0.1) is 0 Å². The van der Waals surface area contributed by atoms with Crippen LogP contribution in [0, 0.1) is 0 Å². The molecule has 0 unspecified atom stereocenters. The predicted molar refractivity (Wildman–Crippen MR) is 53.5 cm³/mol. The fraction of sp³-hybridized carbons (Fsp3) is 0.300. The quantitative estimate of drug-likeness (QED) is 0.693. The topological polar surface area (TPSA) is 56.5 Å². The van der Waals surface area contributed by atoms with Crippen molar-refractivity contribution in [2.24, 2.45) is 0 Å². The summed E-state index contributed by atoms with van der Waals surface area (Å²) in [5.74, 6) is -0.409. The van der Waals surface area contributed by atoms with Crippen molar-refractivity contribution in [1.29, 1.82) is 0 Å². The van der Waals surface area contributed by atoms with Crippen molar-refractivity contribution in [3.8, 4) is 0 Å². The van der Waals surface area contributed by atoms with E-state index in [0.29, 0.717) is 11.3 Å². The molecule has 2 rings (SSSR count). The van der Waals surface area contributed by atoms with Gasteiger partial charge in [-0.1, -0.05) is 0 Å². The van der Waals surface area contributed by atoms with Crippen molar-refractivity contribution in [2.45, 2.75) is 20.0 Å². The van der Waals surface area contributed by atoms with Crippen LogP contribution < -0.4 is 0 Å². The number of carbonyl (C=O) groups is 1. The smallest absolute Gasteiger partial charge is 0.358 e. The molecule has 2 aromatic heterocycles. The Morgan fingerprint density at radius 3 is 3.00 bits per heavy atom. The summed E-state index contributed by atoms with van der Waals surface area (Å²) in [7, 11) is 0. The third-order valence-electron chi connectivity index (χ3n) is 1.82. The van der Waals surface area contributed by atoms with E-state index >= 15 is 0 Å². The number of hydrogen-bond donors (Lipinski definition) is 0. The molecule has 5 heteroatoms. The van der Waals surface area contributed by atoms with E-state index in [1.165, 1.54) is 0 Å². The maximum Gasteiger partial charge on any atom is 0.358 e. The number of nitrogens with zero attached hydrogens (tertiary/aromatic N) is 3. The zero-order valence-electron chi connectivity index (χ0n) is 8.54. The Labute approximate surface area is 86.7 Å². The van der Waals surface area contributed by atoms with Crippen molar-refractivity contribution >= 4 is 11.6 Å². The highest BCUT2D eigenvalue weighted by atomic mass is 16.5. The van der Waals surface area contributed by atoms with Gasteiger partial charge in [0.1, 0.15) is 0 Å². The zero-order chi connectivity index (χ0) is 10.8. The summed E-state index contributed by atoms with van der Waals surface area (Å²) in [6.07, 6.45) is 6.44. The maximum absolute atomic E-state index is 11.5. The van der Waals surface area contributed by atoms with Gasteiger partial charge >= 0.3 is 5.97 Å². The van der Waals surface area contributed by atoms with E-state index in [-0.39, 0.29) is 6.10 Å². The van der Waals surface area contributed by atoms with E-state index in [4.69, 9.17) is 4.74 Å². The molecule has 0 fully saturated rings. The van der Waals surface area contributed by atoms with Gasteiger partial charge in [0.2, 0.25) is 0 Å². The summed E-state index contributed by atoms with van der Waals surface area (Å²) >= 11 is 0. The summed E-state index contributed by atoms with van der Waals surface area (Å²) in [5, 5.41) is 0. The van der Waals surface area contributed by atoms with Gasteiger partial charge in [-0.05, 0) is 13.8 Å². The van der Waals surface area contributed by atoms with Crippen LogP contribution >= 0.6 is 0 Å². The second-order valence-electron chi connectivity index (χ2n) is 3.42. The monoisotopic (exact) mass is 205 g/mol. The standard InChI is InChI=1S/C10H11N3O2/c1-7(2)15-10(14)8-6-13-4-3-11-5-9(13)12-8/h3-7H,1-2H3. The van der Waals surface area contributed by atoms with E-state index in [9.17, 15) is 4.79 Å². The van der Waals surface area contributed by atoms with Gasteiger partial charge in [0.15, 0.2) is 11.3 Å². The maximum atomic E-state index is 11.5. The highest BCUT2D eigenvalue weighted by Crippen LogP contribution is 2.05. The molecule has 15 heavy (non-hydrogen) atoms. The van der Waals surface area contributed by atoms with Crippen LogP contribution in [0.3, 0.4) is 0 Å². The number of hydrogen-bond acceptors (Lipinski definition) is 4. The molecule has 2 aromatic rings. The molecule has 0 radical (unpaired) electrons. The van der Waals surface area contributed by atoms with Crippen molar-refractivity contribution in [1.82, 2.24) is 14.4 Å². The molecule has 0 saturated heterocycles. The van der Waals surface area contributed by atoms with Crippen LogP contribution in [0.4, 0.5) is 0 Å². The molecule has 0 aliphatic heterocycles. The van der Waals surface area contributed by atoms with Gasteiger partial charge in [-0.25, -0.2) is 9.78 Å². The van der Waals surface area contributed by atoms with E-state index in [2.05, 4.69) is 9.97 Å². The lowest BCUT2D eigenvalue weighted by atomic mass is 10.4. The fourth-order valence-electron chi connectivity index (χ4n) is 1.22. The first-order valence-electron chi connectivity index (χ1n) is 4.66. The van der Waals surface area contributed by atoms with Crippen LogP contribution in [-0.4, -0.2) is 26.4 Å². The molecular formula is C10H11N3O2. The Kier molecular flexibility index (Phi) is 2.37. The summed E-state index contributed by atoms with van der Waals surface area (Å²) in [5.41, 5.74) is 0.935. The minimum Gasteiger partial charge on any atom is -0.458 e. The molecule has 0 bridgehead atoms. The summed E-state index contributed by atoms with van der Waals surface area (Å²) in [4.78, 5) is 19.5. The molecule has 0 aromatic carbocycles. The molecule has 0 spiro atoms. The molecule has 5 nitrogen and oxygen atoms in total. The van der Waals surface area contributed by atoms with Crippen LogP contribution in [0.15, 0.2) is 24.8 Å². The molecule has 0 atom stereocenters. The number of fused-ring (bicyclic) bond motifs is 1. The van der Waals surface area contributed by atoms with Crippen molar-refractivity contribution in [3.05, 3.63) is 30.5 Å². The normalized spacial score (nSPS) is 10.9. The number of aromatic nitrogens is 3. The third kappa shape index (κ3) is 1.96. The summed E-state index contributed by atoms with van der Waals surface area (Å²) < 4.78 is 6.76. The Morgan fingerprint density at radius 2 is 2.33 bits per heavy atom. The zero-order valence-corrected chi connectivity index (χ0v) is 8.54. The average molecular weight is 205 g/mol. The minimum absolute atomic E-state index is 0.138. The van der Waals surface area contributed by atoms with Crippen molar-refractivity contribution in [3.63, 3.8) is 0 Å². The number of carbonyl (C=O) groups excluding carboxylic acids is 1. The fourth-order valence-corrected chi connectivity index (χ4v) is 1.22. The lowest BCUT2D eigenvalue weighted by Crippen LogP contribution is -2.11. The molecule has 0 N–H and O–H groups in total. The van der Waals surface area contributed by atoms with Gasteiger partial charge in [-0.2, -0.15) is 0 Å². The second-order valence-corrected chi connectivity index (χ2v) is 3.42. The van der Waals surface area contributed by atoms with E-state index in [1.807, 2.05) is 0 Å². The van der Waals surface area contributed by atoms with Crippen molar-refractivity contribution in [2.75, 3.05) is 0 Å². The molecule has 0 amide bonds. The first-order chi connectivity index (χ1) is 7.16. The molecule has 78 valence electrons.